The Morgan fingerprint density at radius 3 is 2.32 bits per heavy atom. The van der Waals surface area contributed by atoms with Crippen LogP contribution in [0.4, 0.5) is 0 Å². The lowest BCUT2D eigenvalue weighted by Gasteiger charge is -2.45. The van der Waals surface area contributed by atoms with Crippen LogP contribution in [0.15, 0.2) is 60.7 Å². The van der Waals surface area contributed by atoms with E-state index < -0.39 is 67.2 Å². The van der Waals surface area contributed by atoms with Crippen LogP contribution in [0, 0.1) is 6.92 Å². The smallest absolute Gasteiger partial charge is 0.343 e. The zero-order chi connectivity index (χ0) is 31.3. The number of ether oxygens (including phenoxy) is 4. The van der Waals surface area contributed by atoms with Crippen molar-refractivity contribution in [3.63, 3.8) is 0 Å². The van der Waals surface area contributed by atoms with Gasteiger partial charge < -0.3 is 39.4 Å². The summed E-state index contributed by atoms with van der Waals surface area (Å²) in [7, 11) is 1.50. The summed E-state index contributed by atoms with van der Waals surface area (Å²) in [6.45, 7) is 1.20. The van der Waals surface area contributed by atoms with Crippen LogP contribution in [0.3, 0.4) is 0 Å². The van der Waals surface area contributed by atoms with Gasteiger partial charge in [0, 0.05) is 11.8 Å². The number of phenolic OH excluding ortho intramolecular Hbond substituents is 1. The van der Waals surface area contributed by atoms with Crippen molar-refractivity contribution < 1.29 is 53.8 Å². The number of carbonyl (C=O) groups is 3. The van der Waals surface area contributed by atoms with Crippen molar-refractivity contribution in [3.8, 4) is 11.5 Å². The van der Waals surface area contributed by atoms with Gasteiger partial charge in [-0.3, -0.25) is 14.5 Å². The summed E-state index contributed by atoms with van der Waals surface area (Å²) in [6.07, 6.45) is -4.24. The molecule has 2 aliphatic heterocycles. The molecule has 44 heavy (non-hydrogen) atoms. The van der Waals surface area contributed by atoms with Crippen LogP contribution in [0.1, 0.15) is 43.1 Å². The van der Waals surface area contributed by atoms with E-state index in [1.807, 2.05) is 13.0 Å². The summed E-state index contributed by atoms with van der Waals surface area (Å²) in [5.41, 5.74) is 1.10. The monoisotopic (exact) mass is 605 g/mol. The molecule has 1 fully saturated rings. The number of fused-ring (bicyclic) bond motifs is 2. The van der Waals surface area contributed by atoms with Gasteiger partial charge in [-0.25, -0.2) is 4.79 Å². The summed E-state index contributed by atoms with van der Waals surface area (Å²) in [6, 6.07) is 11.3. The van der Waals surface area contributed by atoms with Crippen molar-refractivity contribution in [2.24, 2.45) is 0 Å². The third-order valence-corrected chi connectivity index (χ3v) is 8.28. The highest BCUT2D eigenvalue weighted by atomic mass is 16.7. The van der Waals surface area contributed by atoms with Crippen molar-refractivity contribution in [1.29, 1.82) is 0 Å². The second-order valence-corrected chi connectivity index (χ2v) is 11.0. The quantitative estimate of drug-likeness (QED) is 0.176. The number of esters is 1. The number of benzene rings is 3. The Labute approximate surface area is 251 Å². The molecule has 0 spiro atoms. The van der Waals surface area contributed by atoms with Gasteiger partial charge in [0.1, 0.15) is 47.5 Å². The van der Waals surface area contributed by atoms with Crippen molar-refractivity contribution in [1.82, 2.24) is 4.90 Å². The Bertz CT molecular complexity index is 1630. The highest BCUT2D eigenvalue weighted by Gasteiger charge is 2.54. The molecule has 12 heteroatoms. The van der Waals surface area contributed by atoms with Crippen molar-refractivity contribution in [2.45, 2.75) is 56.2 Å². The fraction of sp³-hybridized carbons (Fsp3) is 0.344. The van der Waals surface area contributed by atoms with Crippen LogP contribution in [0.25, 0.3) is 10.8 Å². The molecule has 0 aromatic heterocycles. The van der Waals surface area contributed by atoms with Gasteiger partial charge in [-0.15, -0.1) is 0 Å². The van der Waals surface area contributed by atoms with Crippen LogP contribution in [-0.2, 0) is 14.2 Å². The average molecular weight is 606 g/mol. The van der Waals surface area contributed by atoms with Crippen LogP contribution in [0.2, 0.25) is 0 Å². The van der Waals surface area contributed by atoms with E-state index in [9.17, 15) is 34.8 Å². The molecule has 230 valence electrons. The molecule has 3 aromatic rings. The summed E-state index contributed by atoms with van der Waals surface area (Å²) < 4.78 is 22.9. The Kier molecular flexibility index (Phi) is 7.86. The van der Waals surface area contributed by atoms with Gasteiger partial charge in [-0.05, 0) is 54.3 Å². The maximum atomic E-state index is 13.3. The first-order chi connectivity index (χ1) is 21.1. The Balaban J connectivity index is 1.20. The molecule has 3 aromatic carbocycles. The third-order valence-electron chi connectivity index (χ3n) is 8.28. The number of carbonyl (C=O) groups excluding carboxylic acids is 3. The van der Waals surface area contributed by atoms with Gasteiger partial charge >= 0.3 is 5.97 Å². The highest BCUT2D eigenvalue weighted by molar-refractivity contribution is 6.21. The molecule has 7 atom stereocenters. The topological polar surface area (TPSA) is 172 Å². The van der Waals surface area contributed by atoms with Crippen LogP contribution < -0.4 is 4.74 Å². The molecule has 0 unspecified atom stereocenters. The number of nitrogens with zero attached hydrogens (tertiary/aromatic N) is 1. The van der Waals surface area contributed by atoms with E-state index in [2.05, 4.69) is 0 Å². The summed E-state index contributed by atoms with van der Waals surface area (Å²) in [4.78, 5) is 40.6. The van der Waals surface area contributed by atoms with E-state index in [-0.39, 0.29) is 28.9 Å². The lowest BCUT2D eigenvalue weighted by atomic mass is 9.95. The van der Waals surface area contributed by atoms with Gasteiger partial charge in [-0.2, -0.15) is 0 Å². The number of aryl methyl sites for hydroxylation is 1. The molecule has 1 aliphatic carbocycles. The molecular formula is C32H31NO11. The first-order valence-corrected chi connectivity index (χ1v) is 14.1. The van der Waals surface area contributed by atoms with Crippen LogP contribution >= 0.6 is 0 Å². The molecule has 2 amide bonds. The van der Waals surface area contributed by atoms with Gasteiger partial charge in [-0.1, -0.05) is 24.3 Å². The van der Waals surface area contributed by atoms with Crippen molar-refractivity contribution >= 4 is 28.6 Å². The number of methoxy groups -OCH3 is 1. The lowest BCUT2D eigenvalue weighted by Crippen LogP contribution is -2.66. The van der Waals surface area contributed by atoms with E-state index in [1.165, 1.54) is 25.3 Å². The molecular weight excluding hydrogens is 574 g/mol. The largest absolute Gasteiger partial charge is 0.507 e. The number of aromatic hydroxyl groups is 1. The predicted molar refractivity (Wildman–Crippen MR) is 153 cm³/mol. The minimum Gasteiger partial charge on any atom is -0.507 e. The first kappa shape index (κ1) is 29.7. The number of imide groups is 1. The summed E-state index contributed by atoms with van der Waals surface area (Å²) in [5.74, 6) is -1.88. The van der Waals surface area contributed by atoms with E-state index >= 15 is 0 Å². The van der Waals surface area contributed by atoms with E-state index in [0.29, 0.717) is 11.1 Å². The SMILES string of the molecule is COc1cc(C)c2ccc(O)c(C(=O)O[C@H]3C=C[C@@H](O[C@@H]4O[C@H](CO)[C@@H](O)[C@H](O)[C@H]4N4C(=O)c5ccccc5C4=O)C3)c2c1. The lowest BCUT2D eigenvalue weighted by molar-refractivity contribution is -0.286. The summed E-state index contributed by atoms with van der Waals surface area (Å²) in [5, 5.41) is 43.2. The standard InChI is InChI=1S/C32H31NO11/c1-15-11-18(41-2)13-22-19(15)9-10-23(35)25(22)31(40)42-16-7-8-17(12-16)43-32-26(28(37)27(36)24(14-34)44-32)33-29(38)20-5-3-4-6-21(20)30(33)39/h3-11,13,16-17,24,26-28,32,34-37H,12,14H2,1-2H3/t16-,17+,24+,26+,27+,28+,32+/m0/s1. The maximum Gasteiger partial charge on any atom is 0.343 e. The number of aliphatic hydroxyl groups is 3. The minimum atomic E-state index is -1.69. The number of hydrogen-bond donors (Lipinski definition) is 4. The van der Waals surface area contributed by atoms with E-state index in [1.54, 1.807) is 36.4 Å². The van der Waals surface area contributed by atoms with Crippen LogP contribution in [-0.4, -0.2) is 99.7 Å². The number of amides is 2. The van der Waals surface area contributed by atoms with Crippen LogP contribution in [0.5, 0.6) is 11.5 Å². The number of phenols is 1. The molecule has 3 aliphatic rings. The van der Waals surface area contributed by atoms with Gasteiger partial charge in [0.05, 0.1) is 30.9 Å². The second kappa shape index (κ2) is 11.6. The minimum absolute atomic E-state index is 0.0218. The molecule has 2 heterocycles. The van der Waals surface area contributed by atoms with Crippen molar-refractivity contribution in [3.05, 3.63) is 82.9 Å². The zero-order valence-electron chi connectivity index (χ0n) is 23.8. The van der Waals surface area contributed by atoms with Gasteiger partial charge in [0.2, 0.25) is 0 Å². The second-order valence-electron chi connectivity index (χ2n) is 11.0. The molecule has 1 saturated heterocycles. The van der Waals surface area contributed by atoms with E-state index in [4.69, 9.17) is 18.9 Å². The Morgan fingerprint density at radius 2 is 1.66 bits per heavy atom. The number of rotatable bonds is 7. The average Bonchev–Trinajstić information content (AvgIpc) is 3.55. The number of hydrogen-bond acceptors (Lipinski definition) is 11. The Morgan fingerprint density at radius 1 is 0.977 bits per heavy atom. The van der Waals surface area contributed by atoms with Gasteiger partial charge in [0.25, 0.3) is 11.8 Å². The predicted octanol–water partition coefficient (Wildman–Crippen LogP) is 1.84. The third kappa shape index (κ3) is 5.00. The summed E-state index contributed by atoms with van der Waals surface area (Å²) >= 11 is 0. The molecule has 4 N–H and O–H groups in total. The van der Waals surface area contributed by atoms with Crippen molar-refractivity contribution in [2.75, 3.05) is 13.7 Å². The molecule has 6 rings (SSSR count). The highest BCUT2D eigenvalue weighted by Crippen LogP contribution is 2.36. The molecule has 0 radical (unpaired) electrons. The fourth-order valence-corrected chi connectivity index (χ4v) is 6.03. The molecule has 0 bridgehead atoms. The normalized spacial score (nSPS) is 28.0. The molecule has 12 nitrogen and oxygen atoms in total. The molecule has 0 saturated carbocycles. The van der Waals surface area contributed by atoms with Gasteiger partial charge in [0.15, 0.2) is 6.29 Å². The number of aliphatic hydroxyl groups excluding tert-OH is 3. The van der Waals surface area contributed by atoms with E-state index in [0.717, 1.165) is 15.8 Å². The first-order valence-electron chi connectivity index (χ1n) is 14.1. The zero-order valence-corrected chi connectivity index (χ0v) is 23.8. The Hall–Kier alpha value is -4.33. The maximum absolute atomic E-state index is 13.3. The fourth-order valence-electron chi connectivity index (χ4n) is 6.03.